The van der Waals surface area contributed by atoms with Crippen LogP contribution in [-0.4, -0.2) is 39.2 Å². The summed E-state index contributed by atoms with van der Waals surface area (Å²) < 4.78 is 15.7. The van der Waals surface area contributed by atoms with E-state index >= 15 is 0 Å². The smallest absolute Gasteiger partial charge is 0.346 e. The van der Waals surface area contributed by atoms with E-state index < -0.39 is 5.97 Å². The number of fused-ring (bicyclic) bond motifs is 1. The maximum atomic E-state index is 12.6. The van der Waals surface area contributed by atoms with Gasteiger partial charge in [0.15, 0.2) is 6.61 Å². The molecule has 0 spiro atoms. The second-order valence-corrected chi connectivity index (χ2v) is 5.89. The second-order valence-electron chi connectivity index (χ2n) is 5.89. The van der Waals surface area contributed by atoms with E-state index in [1.54, 1.807) is 23.1 Å². The number of carbonyl (C=O) groups is 2. The summed E-state index contributed by atoms with van der Waals surface area (Å²) in [4.78, 5) is 26.7. The number of amides is 1. The Morgan fingerprint density at radius 2 is 1.69 bits per heavy atom. The van der Waals surface area contributed by atoms with E-state index in [2.05, 4.69) is 0 Å². The van der Waals surface area contributed by atoms with E-state index in [0.29, 0.717) is 18.0 Å². The minimum absolute atomic E-state index is 0.171. The van der Waals surface area contributed by atoms with Crippen LogP contribution in [0.2, 0.25) is 0 Å². The van der Waals surface area contributed by atoms with E-state index in [0.717, 1.165) is 24.1 Å². The number of nitrogens with zero attached hydrogens (tertiary/aromatic N) is 1. The van der Waals surface area contributed by atoms with Gasteiger partial charge in [-0.05, 0) is 36.6 Å². The summed E-state index contributed by atoms with van der Waals surface area (Å²) in [6.07, 6.45) is 1.83. The Hall–Kier alpha value is -3.02. The maximum absolute atomic E-state index is 12.6. The molecule has 1 heterocycles. The van der Waals surface area contributed by atoms with Crippen LogP contribution in [0.4, 0.5) is 5.69 Å². The zero-order chi connectivity index (χ0) is 18.5. The summed E-state index contributed by atoms with van der Waals surface area (Å²) in [7, 11) is 2.92. The first kappa shape index (κ1) is 17.8. The fourth-order valence-corrected chi connectivity index (χ4v) is 3.12. The van der Waals surface area contributed by atoms with Crippen molar-refractivity contribution in [1.82, 2.24) is 0 Å². The lowest BCUT2D eigenvalue weighted by molar-refractivity contribution is -0.121. The van der Waals surface area contributed by atoms with E-state index in [4.69, 9.17) is 14.2 Å². The molecule has 0 saturated carbocycles. The standard InChI is InChI=1S/C20H21NO5/c1-24-16-10-5-11-17(25-2)19(16)20(23)26-13-18(22)21-12-6-8-14-7-3-4-9-15(14)21/h3-5,7,9-11H,6,8,12-13H2,1-2H3. The Morgan fingerprint density at radius 3 is 2.38 bits per heavy atom. The Morgan fingerprint density at radius 1 is 1.00 bits per heavy atom. The van der Waals surface area contributed by atoms with Crippen molar-refractivity contribution in [2.45, 2.75) is 12.8 Å². The first-order valence-corrected chi connectivity index (χ1v) is 8.42. The van der Waals surface area contributed by atoms with Crippen LogP contribution < -0.4 is 14.4 Å². The van der Waals surface area contributed by atoms with E-state index in [-0.39, 0.29) is 18.1 Å². The van der Waals surface area contributed by atoms with Crippen LogP contribution >= 0.6 is 0 Å². The Labute approximate surface area is 152 Å². The average Bonchev–Trinajstić information content (AvgIpc) is 2.70. The van der Waals surface area contributed by atoms with Crippen LogP contribution in [0, 0.1) is 0 Å². The molecular formula is C20H21NO5. The van der Waals surface area contributed by atoms with Crippen molar-refractivity contribution in [3.63, 3.8) is 0 Å². The number of benzene rings is 2. The summed E-state index contributed by atoms with van der Waals surface area (Å²) in [5.74, 6) is -0.229. The highest BCUT2D eigenvalue weighted by atomic mass is 16.5. The molecule has 0 atom stereocenters. The third-order valence-electron chi connectivity index (χ3n) is 4.37. The van der Waals surface area contributed by atoms with Gasteiger partial charge in [0.2, 0.25) is 0 Å². The molecule has 0 aromatic heterocycles. The fourth-order valence-electron chi connectivity index (χ4n) is 3.12. The van der Waals surface area contributed by atoms with Crippen LogP contribution in [0.5, 0.6) is 11.5 Å². The van der Waals surface area contributed by atoms with Crippen molar-refractivity contribution in [1.29, 1.82) is 0 Å². The topological polar surface area (TPSA) is 65.1 Å². The van der Waals surface area contributed by atoms with Crippen LogP contribution in [0.15, 0.2) is 42.5 Å². The van der Waals surface area contributed by atoms with E-state index in [1.807, 2.05) is 24.3 Å². The van der Waals surface area contributed by atoms with Gasteiger partial charge in [-0.3, -0.25) is 4.79 Å². The van der Waals surface area contributed by atoms with Crippen molar-refractivity contribution in [2.75, 3.05) is 32.3 Å². The highest BCUT2D eigenvalue weighted by Crippen LogP contribution is 2.29. The fraction of sp³-hybridized carbons (Fsp3) is 0.300. The van der Waals surface area contributed by atoms with Crippen LogP contribution in [0.3, 0.4) is 0 Å². The van der Waals surface area contributed by atoms with Gasteiger partial charge in [-0.2, -0.15) is 0 Å². The van der Waals surface area contributed by atoms with Gasteiger partial charge in [0.1, 0.15) is 17.1 Å². The number of carbonyl (C=O) groups excluding carboxylic acids is 2. The Bertz CT molecular complexity index is 795. The summed E-state index contributed by atoms with van der Waals surface area (Å²) in [6.45, 7) is 0.278. The highest BCUT2D eigenvalue weighted by Gasteiger charge is 2.25. The SMILES string of the molecule is COc1cccc(OC)c1C(=O)OCC(=O)N1CCCc2ccccc21. The molecule has 0 bridgehead atoms. The van der Waals surface area contributed by atoms with Gasteiger partial charge in [0.05, 0.1) is 14.2 Å². The van der Waals surface area contributed by atoms with Crippen molar-refractivity contribution in [3.8, 4) is 11.5 Å². The van der Waals surface area contributed by atoms with Gasteiger partial charge < -0.3 is 19.1 Å². The molecule has 1 aliphatic rings. The molecule has 0 aliphatic carbocycles. The Balaban J connectivity index is 1.72. The largest absolute Gasteiger partial charge is 0.496 e. The molecule has 2 aromatic carbocycles. The molecule has 26 heavy (non-hydrogen) atoms. The minimum atomic E-state index is -0.655. The number of methoxy groups -OCH3 is 2. The second kappa shape index (κ2) is 7.91. The zero-order valence-corrected chi connectivity index (χ0v) is 14.9. The van der Waals surface area contributed by atoms with Gasteiger partial charge in [-0.15, -0.1) is 0 Å². The molecular weight excluding hydrogens is 334 g/mol. The van der Waals surface area contributed by atoms with Gasteiger partial charge in [-0.25, -0.2) is 4.79 Å². The summed E-state index contributed by atoms with van der Waals surface area (Å²) in [5.41, 5.74) is 2.18. The van der Waals surface area contributed by atoms with Crippen LogP contribution in [-0.2, 0) is 16.0 Å². The number of hydrogen-bond donors (Lipinski definition) is 0. The predicted octanol–water partition coefficient (Wildman–Crippen LogP) is 2.84. The highest BCUT2D eigenvalue weighted by molar-refractivity contribution is 6.00. The normalized spacial score (nSPS) is 12.9. The number of aryl methyl sites for hydroxylation is 1. The minimum Gasteiger partial charge on any atom is -0.496 e. The molecule has 0 radical (unpaired) electrons. The van der Waals surface area contributed by atoms with Crippen LogP contribution in [0.25, 0.3) is 0 Å². The van der Waals surface area contributed by atoms with Gasteiger partial charge in [-0.1, -0.05) is 24.3 Å². The molecule has 0 N–H and O–H groups in total. The van der Waals surface area contributed by atoms with Crippen molar-refractivity contribution < 1.29 is 23.8 Å². The lowest BCUT2D eigenvalue weighted by Crippen LogP contribution is -2.38. The Kier molecular flexibility index (Phi) is 5.41. The maximum Gasteiger partial charge on any atom is 0.346 e. The molecule has 1 amide bonds. The van der Waals surface area contributed by atoms with Crippen molar-refractivity contribution in [2.24, 2.45) is 0 Å². The molecule has 6 heteroatoms. The lowest BCUT2D eigenvalue weighted by atomic mass is 10.0. The summed E-state index contributed by atoms with van der Waals surface area (Å²) in [5, 5.41) is 0. The van der Waals surface area contributed by atoms with Crippen LogP contribution in [0.1, 0.15) is 22.3 Å². The first-order chi connectivity index (χ1) is 12.7. The molecule has 0 saturated heterocycles. The molecule has 1 aliphatic heterocycles. The van der Waals surface area contributed by atoms with Gasteiger partial charge >= 0.3 is 5.97 Å². The number of rotatable bonds is 5. The quantitative estimate of drug-likeness (QED) is 0.772. The van der Waals surface area contributed by atoms with Crippen molar-refractivity contribution in [3.05, 3.63) is 53.6 Å². The lowest BCUT2D eigenvalue weighted by Gasteiger charge is -2.29. The van der Waals surface area contributed by atoms with Gasteiger partial charge in [0, 0.05) is 12.2 Å². The average molecular weight is 355 g/mol. The number of anilines is 1. The molecule has 136 valence electrons. The van der Waals surface area contributed by atoms with Crippen molar-refractivity contribution >= 4 is 17.6 Å². The molecule has 6 nitrogen and oxygen atoms in total. The molecule has 0 fully saturated rings. The number of hydrogen-bond acceptors (Lipinski definition) is 5. The molecule has 3 rings (SSSR count). The number of para-hydroxylation sites is 1. The predicted molar refractivity (Wildman–Crippen MR) is 96.9 cm³/mol. The van der Waals surface area contributed by atoms with Gasteiger partial charge in [0.25, 0.3) is 5.91 Å². The molecule has 2 aromatic rings. The number of ether oxygens (including phenoxy) is 3. The molecule has 0 unspecified atom stereocenters. The van der Waals surface area contributed by atoms with E-state index in [1.165, 1.54) is 14.2 Å². The van der Waals surface area contributed by atoms with E-state index in [9.17, 15) is 9.59 Å². The summed E-state index contributed by atoms with van der Waals surface area (Å²) >= 11 is 0. The monoisotopic (exact) mass is 355 g/mol. The first-order valence-electron chi connectivity index (χ1n) is 8.42. The zero-order valence-electron chi connectivity index (χ0n) is 14.9. The third kappa shape index (κ3) is 3.49. The summed E-state index contributed by atoms with van der Waals surface area (Å²) in [6, 6.07) is 12.8. The number of esters is 1. The third-order valence-corrected chi connectivity index (χ3v) is 4.37.